The third-order valence-electron chi connectivity index (χ3n) is 2.40. The quantitative estimate of drug-likeness (QED) is 0.892. The van der Waals surface area contributed by atoms with Crippen molar-refractivity contribution in [2.45, 2.75) is 19.8 Å². The maximum atomic E-state index is 10.7. The Kier molecular flexibility index (Phi) is 2.83. The molecule has 0 spiro atoms. The number of carbonyl (C=O) groups is 1. The third-order valence-corrected chi connectivity index (χ3v) is 2.79. The number of hydrogen-bond donors (Lipinski definition) is 1. The van der Waals surface area contributed by atoms with Gasteiger partial charge in [0.15, 0.2) is 0 Å². The molecular weight excluding hydrogens is 228 g/mol. The molecule has 0 amide bonds. The molecule has 2 aromatic heterocycles. The molecule has 16 heavy (non-hydrogen) atoms. The van der Waals surface area contributed by atoms with E-state index in [9.17, 15) is 4.79 Å². The number of nitrogens with zero attached hydrogens (tertiary/aromatic N) is 2. The summed E-state index contributed by atoms with van der Waals surface area (Å²) >= 11 is 6.15. The molecule has 0 aliphatic heterocycles. The summed E-state index contributed by atoms with van der Waals surface area (Å²) in [5, 5.41) is 9.31. The highest BCUT2D eigenvalue weighted by Crippen LogP contribution is 2.21. The molecule has 4 nitrogen and oxygen atoms in total. The first-order chi connectivity index (χ1) is 7.63. The Labute approximate surface area is 97.5 Å². The second-order valence-electron chi connectivity index (χ2n) is 3.48. The zero-order chi connectivity index (χ0) is 11.7. The Morgan fingerprint density at radius 3 is 2.94 bits per heavy atom. The molecule has 2 rings (SSSR count). The molecule has 0 bridgehead atoms. The molecule has 2 heterocycles. The van der Waals surface area contributed by atoms with Gasteiger partial charge in [0.05, 0.1) is 12.1 Å². The van der Waals surface area contributed by atoms with Crippen molar-refractivity contribution < 1.29 is 9.90 Å². The molecule has 0 fully saturated rings. The number of carboxylic acids is 1. The van der Waals surface area contributed by atoms with Crippen molar-refractivity contribution >= 4 is 23.2 Å². The molecule has 0 aromatic carbocycles. The summed E-state index contributed by atoms with van der Waals surface area (Å²) in [6.07, 6.45) is 0.670. The van der Waals surface area contributed by atoms with E-state index in [1.807, 2.05) is 13.0 Å². The number of rotatable bonds is 3. The van der Waals surface area contributed by atoms with Gasteiger partial charge in [-0.1, -0.05) is 24.6 Å². The largest absolute Gasteiger partial charge is 0.481 e. The van der Waals surface area contributed by atoms with Crippen LogP contribution in [0.15, 0.2) is 18.2 Å². The number of pyridine rings is 1. The predicted molar refractivity (Wildman–Crippen MR) is 60.9 cm³/mol. The number of hydrogen-bond acceptors (Lipinski definition) is 2. The van der Waals surface area contributed by atoms with E-state index in [2.05, 4.69) is 4.98 Å². The van der Waals surface area contributed by atoms with Crippen LogP contribution in [0.1, 0.15) is 18.3 Å². The van der Waals surface area contributed by atoms with Crippen LogP contribution in [-0.4, -0.2) is 20.5 Å². The average molecular weight is 239 g/mol. The van der Waals surface area contributed by atoms with Crippen molar-refractivity contribution in [1.29, 1.82) is 0 Å². The summed E-state index contributed by atoms with van der Waals surface area (Å²) in [7, 11) is 0. The molecule has 2 aromatic rings. The number of halogens is 1. The normalized spacial score (nSPS) is 10.9. The van der Waals surface area contributed by atoms with Crippen molar-refractivity contribution in [2.75, 3.05) is 0 Å². The highest BCUT2D eigenvalue weighted by atomic mass is 35.5. The zero-order valence-corrected chi connectivity index (χ0v) is 9.53. The lowest BCUT2D eigenvalue weighted by Crippen LogP contribution is -2.05. The number of imidazole rings is 1. The summed E-state index contributed by atoms with van der Waals surface area (Å²) in [5.41, 5.74) is 2.13. The van der Waals surface area contributed by atoms with Gasteiger partial charge in [0.25, 0.3) is 0 Å². The molecule has 5 heteroatoms. The summed E-state index contributed by atoms with van der Waals surface area (Å²) in [4.78, 5) is 15.1. The fourth-order valence-corrected chi connectivity index (χ4v) is 2.06. The van der Waals surface area contributed by atoms with Gasteiger partial charge in [0, 0.05) is 5.69 Å². The second-order valence-corrected chi connectivity index (χ2v) is 3.84. The van der Waals surface area contributed by atoms with Crippen molar-refractivity contribution in [3.63, 3.8) is 0 Å². The summed E-state index contributed by atoms with van der Waals surface area (Å²) in [6.45, 7) is 1.96. The van der Waals surface area contributed by atoms with Crippen LogP contribution < -0.4 is 0 Å². The Balaban J connectivity index is 2.65. The monoisotopic (exact) mass is 238 g/mol. The van der Waals surface area contributed by atoms with Crippen LogP contribution in [0.25, 0.3) is 5.65 Å². The van der Waals surface area contributed by atoms with Crippen molar-refractivity contribution in [3.05, 3.63) is 34.7 Å². The van der Waals surface area contributed by atoms with Crippen molar-refractivity contribution in [1.82, 2.24) is 9.38 Å². The minimum Gasteiger partial charge on any atom is -0.481 e. The van der Waals surface area contributed by atoms with Crippen LogP contribution in [0.2, 0.25) is 5.15 Å². The average Bonchev–Trinajstić information content (AvgIpc) is 2.56. The van der Waals surface area contributed by atoms with Crippen molar-refractivity contribution in [3.8, 4) is 0 Å². The lowest BCUT2D eigenvalue weighted by molar-refractivity contribution is -0.136. The van der Waals surface area contributed by atoms with Gasteiger partial charge in [-0.15, -0.1) is 0 Å². The smallest absolute Gasteiger partial charge is 0.309 e. The summed E-state index contributed by atoms with van der Waals surface area (Å²) in [5.74, 6) is -0.879. The molecule has 84 valence electrons. The van der Waals surface area contributed by atoms with Gasteiger partial charge in [0.1, 0.15) is 10.8 Å². The Bertz CT molecular complexity index is 548. The molecule has 0 aliphatic rings. The van der Waals surface area contributed by atoms with E-state index in [0.717, 1.165) is 12.1 Å². The van der Waals surface area contributed by atoms with Crippen LogP contribution in [0.5, 0.6) is 0 Å². The molecule has 0 unspecified atom stereocenters. The minimum absolute atomic E-state index is 0.0590. The summed E-state index contributed by atoms with van der Waals surface area (Å²) in [6, 6.07) is 5.35. The molecule has 0 saturated heterocycles. The van der Waals surface area contributed by atoms with Gasteiger partial charge in [0.2, 0.25) is 0 Å². The van der Waals surface area contributed by atoms with Crippen molar-refractivity contribution in [2.24, 2.45) is 0 Å². The number of aromatic nitrogens is 2. The molecule has 0 atom stereocenters. The molecular formula is C11H11ClN2O2. The van der Waals surface area contributed by atoms with Gasteiger partial charge in [-0.25, -0.2) is 4.98 Å². The SMILES string of the molecule is CCc1nc2cccc(CC(=O)O)n2c1Cl. The van der Waals surface area contributed by atoms with E-state index in [-0.39, 0.29) is 6.42 Å². The van der Waals surface area contributed by atoms with Gasteiger partial charge in [-0.2, -0.15) is 0 Å². The minimum atomic E-state index is -0.879. The van der Waals surface area contributed by atoms with E-state index in [4.69, 9.17) is 16.7 Å². The van der Waals surface area contributed by atoms with E-state index in [1.165, 1.54) is 0 Å². The van der Waals surface area contributed by atoms with Crippen LogP contribution >= 0.6 is 11.6 Å². The first-order valence-electron chi connectivity index (χ1n) is 5.00. The van der Waals surface area contributed by atoms with E-state index >= 15 is 0 Å². The van der Waals surface area contributed by atoms with Crippen LogP contribution in [0.4, 0.5) is 0 Å². The summed E-state index contributed by atoms with van der Waals surface area (Å²) < 4.78 is 1.69. The van der Waals surface area contributed by atoms with Crippen LogP contribution in [0, 0.1) is 0 Å². The fourth-order valence-electron chi connectivity index (χ4n) is 1.69. The molecule has 1 N–H and O–H groups in total. The number of aryl methyl sites for hydroxylation is 1. The fraction of sp³-hybridized carbons (Fsp3) is 0.273. The second kappa shape index (κ2) is 4.14. The maximum absolute atomic E-state index is 10.7. The van der Waals surface area contributed by atoms with E-state index < -0.39 is 5.97 Å². The first-order valence-corrected chi connectivity index (χ1v) is 5.37. The predicted octanol–water partition coefficient (Wildman–Crippen LogP) is 2.18. The lowest BCUT2D eigenvalue weighted by Gasteiger charge is -2.03. The van der Waals surface area contributed by atoms with Gasteiger partial charge in [-0.05, 0) is 18.6 Å². The standard InChI is InChI=1S/C11H11ClN2O2/c1-2-8-11(12)14-7(6-10(15)16)4-3-5-9(14)13-8/h3-5H,2,6H2,1H3,(H,15,16). The number of aliphatic carboxylic acids is 1. The number of carboxylic acid groups (broad SMARTS) is 1. The molecule has 0 aliphatic carbocycles. The zero-order valence-electron chi connectivity index (χ0n) is 8.77. The highest BCUT2D eigenvalue weighted by Gasteiger charge is 2.12. The lowest BCUT2D eigenvalue weighted by atomic mass is 10.2. The van der Waals surface area contributed by atoms with E-state index in [0.29, 0.717) is 16.5 Å². The maximum Gasteiger partial charge on any atom is 0.309 e. The third kappa shape index (κ3) is 1.76. The van der Waals surface area contributed by atoms with Gasteiger partial charge >= 0.3 is 5.97 Å². The Morgan fingerprint density at radius 1 is 1.56 bits per heavy atom. The Hall–Kier alpha value is -1.55. The highest BCUT2D eigenvalue weighted by molar-refractivity contribution is 6.30. The molecule has 0 saturated carbocycles. The molecule has 0 radical (unpaired) electrons. The first kappa shape index (κ1) is 11.0. The van der Waals surface area contributed by atoms with E-state index in [1.54, 1.807) is 16.5 Å². The Morgan fingerprint density at radius 2 is 2.31 bits per heavy atom. The topological polar surface area (TPSA) is 54.6 Å². The number of fused-ring (bicyclic) bond motifs is 1. The van der Waals surface area contributed by atoms with Gasteiger partial charge in [-0.3, -0.25) is 9.20 Å². The van der Waals surface area contributed by atoms with Crippen LogP contribution in [-0.2, 0) is 17.6 Å². The van der Waals surface area contributed by atoms with Gasteiger partial charge < -0.3 is 5.11 Å². The van der Waals surface area contributed by atoms with Crippen LogP contribution in [0.3, 0.4) is 0 Å².